The van der Waals surface area contributed by atoms with Crippen LogP contribution >= 0.6 is 33.3 Å². The number of fused-ring (bicyclic) bond motifs is 1. The smallest absolute Gasteiger partial charge is 0.312 e. The quantitative estimate of drug-likeness (QED) is 0.165. The lowest BCUT2D eigenvalue weighted by atomic mass is 10.1. The van der Waals surface area contributed by atoms with Crippen molar-refractivity contribution in [3.05, 3.63) is 47.5 Å². The Labute approximate surface area is 216 Å². The molecule has 1 aliphatic heterocycles. The second kappa shape index (κ2) is 13.4. The number of ether oxygens (including phenoxy) is 1. The minimum Gasteiger partial charge on any atom is -0.507 e. The summed E-state index contributed by atoms with van der Waals surface area (Å²) in [6.07, 6.45) is 0. The molecule has 0 unspecified atom stereocenters. The van der Waals surface area contributed by atoms with Gasteiger partial charge in [0, 0.05) is 60.1 Å². The molecule has 0 atom stereocenters. The number of benzene rings is 2. The Hall–Kier alpha value is -2.70. The standard InChI is InChI=1S/C23H28N4O5S3/c1-32-17-3-5-20-15(12-17)14-27(8-11-33-20)23(31)22(30)26-7-10-35-34-9-6-25-21(29)18-4-2-16(24)13-19(18)28/h2-5,12-13,28H,6-11,14,24H2,1H3,(H,25,29)(H,26,30). The number of amides is 3. The van der Waals surface area contributed by atoms with Crippen LogP contribution in [-0.4, -0.2) is 71.7 Å². The number of thioether (sulfide) groups is 1. The van der Waals surface area contributed by atoms with Gasteiger partial charge in [-0.25, -0.2) is 0 Å². The van der Waals surface area contributed by atoms with Gasteiger partial charge in [0.2, 0.25) is 0 Å². The third kappa shape index (κ3) is 7.91. The van der Waals surface area contributed by atoms with Crippen LogP contribution in [0.1, 0.15) is 15.9 Å². The number of rotatable bonds is 9. The van der Waals surface area contributed by atoms with Gasteiger partial charge in [-0.3, -0.25) is 14.4 Å². The predicted molar refractivity (Wildman–Crippen MR) is 142 cm³/mol. The fourth-order valence-corrected chi connectivity index (χ4v) is 6.07. The number of nitrogens with two attached hydrogens (primary N) is 1. The van der Waals surface area contributed by atoms with Gasteiger partial charge in [0.05, 0.1) is 12.7 Å². The van der Waals surface area contributed by atoms with E-state index in [1.807, 2.05) is 18.2 Å². The molecule has 0 aliphatic carbocycles. The van der Waals surface area contributed by atoms with Crippen molar-refractivity contribution in [2.45, 2.75) is 11.4 Å². The molecule has 0 saturated carbocycles. The number of hydrogen-bond donors (Lipinski definition) is 4. The van der Waals surface area contributed by atoms with Crippen molar-refractivity contribution in [3.8, 4) is 11.5 Å². The molecule has 1 aliphatic rings. The number of phenols is 1. The summed E-state index contributed by atoms with van der Waals surface area (Å²) in [5.74, 6) is 1.04. The van der Waals surface area contributed by atoms with Crippen LogP contribution in [0.2, 0.25) is 0 Å². The fourth-order valence-electron chi connectivity index (χ4n) is 3.26. The van der Waals surface area contributed by atoms with Crippen LogP contribution in [0.4, 0.5) is 5.69 Å². The number of aromatic hydroxyl groups is 1. The number of carbonyl (C=O) groups excluding carboxylic acids is 3. The summed E-state index contributed by atoms with van der Waals surface area (Å²) in [6.45, 7) is 1.65. The first-order chi connectivity index (χ1) is 16.9. The van der Waals surface area contributed by atoms with Crippen molar-refractivity contribution in [2.75, 3.05) is 49.7 Å². The minimum absolute atomic E-state index is 0.155. The first-order valence-corrected chi connectivity index (χ1v) is 14.3. The van der Waals surface area contributed by atoms with Gasteiger partial charge in [-0.05, 0) is 35.9 Å². The molecule has 3 amide bonds. The number of nitrogens with one attached hydrogen (secondary N) is 2. The molecule has 0 saturated heterocycles. The van der Waals surface area contributed by atoms with E-state index in [4.69, 9.17) is 10.5 Å². The zero-order valence-corrected chi connectivity index (χ0v) is 21.7. The van der Waals surface area contributed by atoms with Crippen LogP contribution in [0.3, 0.4) is 0 Å². The Bertz CT molecular complexity index is 1070. The first kappa shape index (κ1) is 26.9. The second-order valence-electron chi connectivity index (χ2n) is 7.48. The highest BCUT2D eigenvalue weighted by Crippen LogP contribution is 2.30. The molecule has 35 heavy (non-hydrogen) atoms. The van der Waals surface area contributed by atoms with Crippen molar-refractivity contribution in [1.82, 2.24) is 15.5 Å². The minimum atomic E-state index is -0.609. The van der Waals surface area contributed by atoms with E-state index in [1.54, 1.807) is 40.6 Å². The van der Waals surface area contributed by atoms with E-state index in [2.05, 4.69) is 10.6 Å². The summed E-state index contributed by atoms with van der Waals surface area (Å²) in [5, 5.41) is 15.2. The summed E-state index contributed by atoms with van der Waals surface area (Å²) in [5.41, 5.74) is 7.10. The van der Waals surface area contributed by atoms with E-state index in [9.17, 15) is 19.5 Å². The highest BCUT2D eigenvalue weighted by Gasteiger charge is 2.24. The molecular formula is C23H28N4O5S3. The summed E-state index contributed by atoms with van der Waals surface area (Å²) < 4.78 is 5.27. The lowest BCUT2D eigenvalue weighted by molar-refractivity contribution is -0.146. The van der Waals surface area contributed by atoms with Gasteiger partial charge in [-0.15, -0.1) is 11.8 Å². The maximum Gasteiger partial charge on any atom is 0.312 e. The van der Waals surface area contributed by atoms with Crippen LogP contribution in [0.5, 0.6) is 11.5 Å². The monoisotopic (exact) mass is 536 g/mol. The zero-order valence-electron chi connectivity index (χ0n) is 19.2. The number of nitrogens with zero attached hydrogens (tertiary/aromatic N) is 1. The molecule has 0 aromatic heterocycles. The van der Waals surface area contributed by atoms with E-state index >= 15 is 0 Å². The third-order valence-electron chi connectivity index (χ3n) is 5.02. The Morgan fingerprint density at radius 1 is 1.11 bits per heavy atom. The first-order valence-electron chi connectivity index (χ1n) is 10.9. The van der Waals surface area contributed by atoms with Gasteiger partial charge < -0.3 is 31.1 Å². The molecule has 0 fully saturated rings. The van der Waals surface area contributed by atoms with Gasteiger partial charge in [0.1, 0.15) is 11.5 Å². The molecular weight excluding hydrogens is 508 g/mol. The molecule has 9 nitrogen and oxygen atoms in total. The van der Waals surface area contributed by atoms with E-state index in [-0.39, 0.29) is 17.2 Å². The Morgan fingerprint density at radius 2 is 1.86 bits per heavy atom. The molecule has 0 bridgehead atoms. The zero-order chi connectivity index (χ0) is 25.2. The Balaban J connectivity index is 1.31. The molecule has 3 rings (SSSR count). The number of methoxy groups -OCH3 is 1. The van der Waals surface area contributed by atoms with Crippen LogP contribution in [-0.2, 0) is 16.1 Å². The van der Waals surface area contributed by atoms with Crippen molar-refractivity contribution < 1.29 is 24.2 Å². The average molecular weight is 537 g/mol. The van der Waals surface area contributed by atoms with E-state index in [1.165, 1.54) is 22.9 Å². The third-order valence-corrected chi connectivity index (χ3v) is 8.52. The number of phenolic OH excluding ortho intramolecular Hbond substituents is 1. The highest BCUT2D eigenvalue weighted by atomic mass is 33.1. The largest absolute Gasteiger partial charge is 0.507 e. The molecule has 0 radical (unpaired) electrons. The van der Waals surface area contributed by atoms with E-state index in [0.717, 1.165) is 22.0 Å². The lowest BCUT2D eigenvalue weighted by Crippen LogP contribution is -2.43. The van der Waals surface area contributed by atoms with Crippen LogP contribution in [0, 0.1) is 0 Å². The normalized spacial score (nSPS) is 12.9. The van der Waals surface area contributed by atoms with Crippen LogP contribution < -0.4 is 21.1 Å². The topological polar surface area (TPSA) is 134 Å². The summed E-state index contributed by atoms with van der Waals surface area (Å²) in [6, 6.07) is 10.1. The second-order valence-corrected chi connectivity index (χ2v) is 11.3. The number of anilines is 1. The summed E-state index contributed by atoms with van der Waals surface area (Å²) >= 11 is 1.66. The SMILES string of the molecule is COc1ccc2c(c1)CN(C(=O)C(=O)NCCSSCCNC(=O)c1ccc(N)cc1O)CCS2. The van der Waals surface area contributed by atoms with Gasteiger partial charge in [0.15, 0.2) is 0 Å². The van der Waals surface area contributed by atoms with Crippen LogP contribution in [0.25, 0.3) is 0 Å². The van der Waals surface area contributed by atoms with E-state index < -0.39 is 11.8 Å². The summed E-state index contributed by atoms with van der Waals surface area (Å²) in [7, 11) is 4.68. The Morgan fingerprint density at radius 3 is 2.57 bits per heavy atom. The molecule has 12 heteroatoms. The van der Waals surface area contributed by atoms with Gasteiger partial charge >= 0.3 is 11.8 Å². The average Bonchev–Trinajstić information content (AvgIpc) is 3.06. The van der Waals surface area contributed by atoms with Crippen molar-refractivity contribution in [3.63, 3.8) is 0 Å². The molecule has 0 spiro atoms. The van der Waals surface area contributed by atoms with Gasteiger partial charge in [0.25, 0.3) is 5.91 Å². The number of nitrogen functional groups attached to an aromatic ring is 1. The highest BCUT2D eigenvalue weighted by molar-refractivity contribution is 8.76. The maximum atomic E-state index is 12.6. The van der Waals surface area contributed by atoms with Crippen molar-refractivity contribution in [1.29, 1.82) is 0 Å². The molecule has 1 heterocycles. The number of carbonyl (C=O) groups is 3. The van der Waals surface area contributed by atoms with Gasteiger partial charge in [-0.1, -0.05) is 21.6 Å². The van der Waals surface area contributed by atoms with Gasteiger partial charge in [-0.2, -0.15) is 0 Å². The molecule has 188 valence electrons. The molecule has 2 aromatic rings. The lowest BCUT2D eigenvalue weighted by Gasteiger charge is -2.20. The van der Waals surface area contributed by atoms with Crippen molar-refractivity contribution >= 4 is 56.8 Å². The van der Waals surface area contributed by atoms with Crippen molar-refractivity contribution in [2.24, 2.45) is 0 Å². The molecule has 2 aromatic carbocycles. The predicted octanol–water partition coefficient (Wildman–Crippen LogP) is 2.34. The Kier molecular flexibility index (Phi) is 10.3. The molecule has 5 N–H and O–H groups in total. The maximum absolute atomic E-state index is 12.6. The van der Waals surface area contributed by atoms with E-state index in [0.29, 0.717) is 43.4 Å². The van der Waals surface area contributed by atoms with Crippen LogP contribution in [0.15, 0.2) is 41.3 Å². The fraction of sp³-hybridized carbons (Fsp3) is 0.348. The number of hydrogen-bond acceptors (Lipinski definition) is 9. The summed E-state index contributed by atoms with van der Waals surface area (Å²) in [4.78, 5) is 39.7.